The van der Waals surface area contributed by atoms with E-state index in [9.17, 15) is 4.79 Å². The second-order valence-electron chi connectivity index (χ2n) is 3.25. The Balaban J connectivity index is 3.92. The van der Waals surface area contributed by atoms with Crippen molar-refractivity contribution in [3.05, 3.63) is 0 Å². The van der Waals surface area contributed by atoms with Crippen LogP contribution >= 0.6 is 0 Å². The minimum absolute atomic E-state index is 0.00384. The maximum atomic E-state index is 10.5. The highest BCUT2D eigenvalue weighted by Crippen LogP contribution is 2.04. The van der Waals surface area contributed by atoms with Crippen molar-refractivity contribution in [2.24, 2.45) is 5.16 Å². The first-order valence-electron chi connectivity index (χ1n) is 5.07. The number of unbranched alkanes of at least 4 members (excludes halogenated alkanes) is 1. The van der Waals surface area contributed by atoms with Crippen LogP contribution in [0.1, 0.15) is 46.5 Å². The van der Waals surface area contributed by atoms with Crippen molar-refractivity contribution in [3.63, 3.8) is 0 Å². The molecule has 0 saturated heterocycles. The van der Waals surface area contributed by atoms with Gasteiger partial charge >= 0.3 is 5.97 Å². The Morgan fingerprint density at radius 1 is 1.50 bits per heavy atom. The van der Waals surface area contributed by atoms with Crippen molar-refractivity contribution >= 4 is 11.7 Å². The normalized spacial score (nSPS) is 13.8. The molecule has 0 aliphatic carbocycles. The Hall–Kier alpha value is -1.06. The van der Waals surface area contributed by atoms with E-state index in [2.05, 4.69) is 12.1 Å². The average molecular weight is 201 g/mol. The van der Waals surface area contributed by atoms with Crippen molar-refractivity contribution < 1.29 is 14.7 Å². The number of carbonyl (C=O) groups is 1. The van der Waals surface area contributed by atoms with Gasteiger partial charge in [-0.3, -0.25) is 0 Å². The molecule has 0 rings (SSSR count). The molecule has 14 heavy (non-hydrogen) atoms. The fourth-order valence-electron chi connectivity index (χ4n) is 0.953. The lowest BCUT2D eigenvalue weighted by Crippen LogP contribution is -2.14. The molecule has 82 valence electrons. The second kappa shape index (κ2) is 7.35. The summed E-state index contributed by atoms with van der Waals surface area (Å²) < 4.78 is 0. The smallest absolute Gasteiger partial charge is 0.353 e. The van der Waals surface area contributed by atoms with Crippen LogP contribution in [-0.2, 0) is 9.63 Å². The second-order valence-corrected chi connectivity index (χ2v) is 3.25. The van der Waals surface area contributed by atoms with Crippen molar-refractivity contribution in [2.45, 2.75) is 52.6 Å². The highest BCUT2D eigenvalue weighted by atomic mass is 16.6. The third-order valence-electron chi connectivity index (χ3n) is 1.89. The minimum Gasteiger partial charge on any atom is -0.477 e. The summed E-state index contributed by atoms with van der Waals surface area (Å²) in [7, 11) is 0. The molecule has 0 aromatic heterocycles. The summed E-state index contributed by atoms with van der Waals surface area (Å²) in [6, 6.07) is 0. The Morgan fingerprint density at radius 3 is 2.57 bits per heavy atom. The largest absolute Gasteiger partial charge is 0.477 e. The van der Waals surface area contributed by atoms with Gasteiger partial charge in [0, 0.05) is 0 Å². The van der Waals surface area contributed by atoms with Crippen LogP contribution in [0, 0.1) is 0 Å². The molecule has 0 radical (unpaired) electrons. The van der Waals surface area contributed by atoms with Gasteiger partial charge in [0.05, 0.1) is 0 Å². The van der Waals surface area contributed by atoms with E-state index in [-0.39, 0.29) is 11.8 Å². The van der Waals surface area contributed by atoms with E-state index in [0.29, 0.717) is 6.42 Å². The molecule has 0 aromatic carbocycles. The maximum Gasteiger partial charge on any atom is 0.353 e. The van der Waals surface area contributed by atoms with Gasteiger partial charge in [0.25, 0.3) is 0 Å². The molecule has 0 aliphatic rings. The third kappa shape index (κ3) is 5.56. The molecule has 0 saturated carbocycles. The summed E-state index contributed by atoms with van der Waals surface area (Å²) in [5, 5.41) is 12.3. The summed E-state index contributed by atoms with van der Waals surface area (Å²) in [6.45, 7) is 5.74. The molecule has 1 unspecified atom stereocenters. The number of carboxylic acids is 1. The fourth-order valence-corrected chi connectivity index (χ4v) is 0.953. The first kappa shape index (κ1) is 12.9. The van der Waals surface area contributed by atoms with Crippen molar-refractivity contribution in [3.8, 4) is 0 Å². The van der Waals surface area contributed by atoms with Crippen LogP contribution in [0.4, 0.5) is 0 Å². The first-order valence-corrected chi connectivity index (χ1v) is 5.07. The SMILES string of the molecule is CCCCC(C)ON=C(CC)C(=O)O. The lowest BCUT2D eigenvalue weighted by molar-refractivity contribution is -0.129. The van der Waals surface area contributed by atoms with Gasteiger partial charge in [0.1, 0.15) is 6.10 Å². The monoisotopic (exact) mass is 201 g/mol. The topological polar surface area (TPSA) is 58.9 Å². The standard InChI is InChI=1S/C10H19NO3/c1-4-6-7-8(3)14-11-9(5-2)10(12)13/h8H,4-7H2,1-3H3,(H,12,13). The number of aliphatic carboxylic acids is 1. The van der Waals surface area contributed by atoms with Crippen molar-refractivity contribution in [1.29, 1.82) is 0 Å². The van der Waals surface area contributed by atoms with E-state index in [1.54, 1.807) is 6.92 Å². The molecular weight excluding hydrogens is 182 g/mol. The van der Waals surface area contributed by atoms with Crippen LogP contribution < -0.4 is 0 Å². The van der Waals surface area contributed by atoms with E-state index in [1.807, 2.05) is 6.92 Å². The van der Waals surface area contributed by atoms with Gasteiger partial charge < -0.3 is 9.94 Å². The Kier molecular flexibility index (Phi) is 6.80. The molecule has 0 amide bonds. The zero-order valence-electron chi connectivity index (χ0n) is 9.12. The van der Waals surface area contributed by atoms with E-state index >= 15 is 0 Å². The fraction of sp³-hybridized carbons (Fsp3) is 0.800. The van der Waals surface area contributed by atoms with Gasteiger partial charge in [-0.05, 0) is 26.2 Å². The lowest BCUT2D eigenvalue weighted by atomic mass is 10.2. The van der Waals surface area contributed by atoms with Crippen molar-refractivity contribution in [2.75, 3.05) is 0 Å². The quantitative estimate of drug-likeness (QED) is 0.508. The van der Waals surface area contributed by atoms with Crippen LogP contribution in [0.25, 0.3) is 0 Å². The van der Waals surface area contributed by atoms with Crippen LogP contribution in [0.2, 0.25) is 0 Å². The van der Waals surface area contributed by atoms with Gasteiger partial charge in [-0.15, -0.1) is 0 Å². The first-order chi connectivity index (χ1) is 6.61. The number of oxime groups is 1. The van der Waals surface area contributed by atoms with Gasteiger partial charge in [-0.25, -0.2) is 4.79 Å². The Morgan fingerprint density at radius 2 is 2.14 bits per heavy atom. The molecule has 1 atom stereocenters. The predicted octanol–water partition coefficient (Wildman–Crippen LogP) is 2.43. The molecule has 0 bridgehead atoms. The van der Waals surface area contributed by atoms with E-state index in [1.165, 1.54) is 0 Å². The van der Waals surface area contributed by atoms with Gasteiger partial charge in [-0.2, -0.15) is 0 Å². The zero-order chi connectivity index (χ0) is 11.0. The van der Waals surface area contributed by atoms with Crippen molar-refractivity contribution in [1.82, 2.24) is 0 Å². The predicted molar refractivity (Wildman–Crippen MR) is 55.4 cm³/mol. The van der Waals surface area contributed by atoms with Crippen LogP contribution in [-0.4, -0.2) is 22.9 Å². The highest BCUT2D eigenvalue weighted by molar-refractivity contribution is 6.35. The summed E-state index contributed by atoms with van der Waals surface area (Å²) in [5.41, 5.74) is 0.0772. The third-order valence-corrected chi connectivity index (χ3v) is 1.89. The molecule has 0 heterocycles. The van der Waals surface area contributed by atoms with Crippen LogP contribution in [0.15, 0.2) is 5.16 Å². The van der Waals surface area contributed by atoms with Crippen LogP contribution in [0.3, 0.4) is 0 Å². The lowest BCUT2D eigenvalue weighted by Gasteiger charge is -2.08. The Labute approximate surface area is 84.9 Å². The van der Waals surface area contributed by atoms with Crippen LogP contribution in [0.5, 0.6) is 0 Å². The molecule has 0 aliphatic heterocycles. The Bertz CT molecular complexity index is 202. The van der Waals surface area contributed by atoms with Gasteiger partial charge in [0.2, 0.25) is 0 Å². The summed E-state index contributed by atoms with van der Waals surface area (Å²) >= 11 is 0. The molecule has 4 nitrogen and oxygen atoms in total. The number of carboxylic acid groups (broad SMARTS) is 1. The number of nitrogens with zero attached hydrogens (tertiary/aromatic N) is 1. The minimum atomic E-state index is -1.00. The molecule has 4 heteroatoms. The maximum absolute atomic E-state index is 10.5. The molecule has 0 spiro atoms. The van der Waals surface area contributed by atoms with Gasteiger partial charge in [0.15, 0.2) is 5.71 Å². The summed E-state index contributed by atoms with van der Waals surface area (Å²) in [6.07, 6.45) is 3.48. The number of hydrogen-bond acceptors (Lipinski definition) is 3. The summed E-state index contributed by atoms with van der Waals surface area (Å²) in [5.74, 6) is -1.00. The molecule has 1 N–H and O–H groups in total. The average Bonchev–Trinajstić information content (AvgIpc) is 2.15. The molecular formula is C10H19NO3. The van der Waals surface area contributed by atoms with E-state index < -0.39 is 5.97 Å². The van der Waals surface area contributed by atoms with E-state index in [4.69, 9.17) is 9.94 Å². The zero-order valence-corrected chi connectivity index (χ0v) is 9.12. The molecule has 0 aromatic rings. The number of rotatable bonds is 7. The van der Waals surface area contributed by atoms with Gasteiger partial charge in [-0.1, -0.05) is 25.4 Å². The summed E-state index contributed by atoms with van der Waals surface area (Å²) in [4.78, 5) is 15.6. The van der Waals surface area contributed by atoms with E-state index in [0.717, 1.165) is 19.3 Å². The molecule has 0 fully saturated rings. The highest BCUT2D eigenvalue weighted by Gasteiger charge is 2.08. The number of hydrogen-bond donors (Lipinski definition) is 1.